The molecule has 4 rings (SSSR count). The largest absolute Gasteiger partial charge is 0.462 e. The fraction of sp³-hybridized carbons (Fsp3) is 0.156. The molecule has 3 aromatic carbocycles. The molecule has 0 spiro atoms. The molecule has 1 unspecified atom stereocenters. The van der Waals surface area contributed by atoms with Gasteiger partial charge in [-0.15, -0.1) is 23.1 Å². The number of hydrogen-bond acceptors (Lipinski definition) is 6. The van der Waals surface area contributed by atoms with Crippen LogP contribution in [-0.2, 0) is 14.3 Å². The first-order valence-electron chi connectivity index (χ1n) is 12.9. The first-order chi connectivity index (χ1) is 19.5. The van der Waals surface area contributed by atoms with Crippen LogP contribution in [0, 0.1) is 0 Å². The zero-order valence-electron chi connectivity index (χ0n) is 22.3. The van der Waals surface area contributed by atoms with Gasteiger partial charge in [-0.1, -0.05) is 73.7 Å². The van der Waals surface area contributed by atoms with Gasteiger partial charge in [0.2, 0.25) is 11.8 Å². The van der Waals surface area contributed by atoms with Crippen molar-refractivity contribution in [3.63, 3.8) is 0 Å². The second-order valence-corrected chi connectivity index (χ2v) is 10.9. The Balaban J connectivity index is 1.45. The number of esters is 1. The highest BCUT2D eigenvalue weighted by atomic mass is 32.2. The van der Waals surface area contributed by atoms with Crippen molar-refractivity contribution in [2.45, 2.75) is 30.4 Å². The quantitative estimate of drug-likeness (QED) is 0.109. The number of nitrogens with one attached hydrogen (secondary N) is 2. The van der Waals surface area contributed by atoms with Gasteiger partial charge in [-0.25, -0.2) is 4.79 Å². The Labute approximate surface area is 242 Å². The first kappa shape index (κ1) is 28.9. The third kappa shape index (κ3) is 7.71. The molecular formula is C32H30N2O4S2. The number of rotatable bonds is 11. The Bertz CT molecular complexity index is 1480. The fourth-order valence-electron chi connectivity index (χ4n) is 3.93. The van der Waals surface area contributed by atoms with Crippen molar-refractivity contribution in [2.24, 2.45) is 0 Å². The normalized spacial score (nSPS) is 11.7. The molecule has 0 aliphatic heterocycles. The van der Waals surface area contributed by atoms with Crippen molar-refractivity contribution in [2.75, 3.05) is 17.2 Å². The Morgan fingerprint density at radius 2 is 1.65 bits per heavy atom. The van der Waals surface area contributed by atoms with E-state index in [0.717, 1.165) is 21.6 Å². The molecule has 6 nitrogen and oxygen atoms in total. The van der Waals surface area contributed by atoms with Crippen LogP contribution < -0.4 is 10.6 Å². The monoisotopic (exact) mass is 570 g/mol. The molecule has 0 radical (unpaired) electrons. The maximum absolute atomic E-state index is 13.4. The summed E-state index contributed by atoms with van der Waals surface area (Å²) >= 11 is 2.71. The van der Waals surface area contributed by atoms with Crippen LogP contribution in [0.25, 0.3) is 17.2 Å². The summed E-state index contributed by atoms with van der Waals surface area (Å²) in [6, 6.07) is 26.5. The van der Waals surface area contributed by atoms with Gasteiger partial charge in [-0.2, -0.15) is 0 Å². The molecule has 0 saturated carbocycles. The summed E-state index contributed by atoms with van der Waals surface area (Å²) in [4.78, 5) is 39.5. The van der Waals surface area contributed by atoms with Gasteiger partial charge in [0.05, 0.1) is 11.9 Å². The summed E-state index contributed by atoms with van der Waals surface area (Å²) in [5, 5.41) is 7.76. The number of thiophene rings is 1. The molecule has 0 aliphatic carbocycles. The lowest BCUT2D eigenvalue weighted by molar-refractivity contribution is -0.115. The number of hydrogen-bond donors (Lipinski definition) is 2. The molecular weight excluding hydrogens is 540 g/mol. The van der Waals surface area contributed by atoms with Crippen molar-refractivity contribution in [3.8, 4) is 11.1 Å². The molecule has 1 atom stereocenters. The van der Waals surface area contributed by atoms with Gasteiger partial charge >= 0.3 is 5.97 Å². The van der Waals surface area contributed by atoms with Crippen molar-refractivity contribution in [1.29, 1.82) is 0 Å². The molecule has 4 aromatic rings. The zero-order valence-corrected chi connectivity index (χ0v) is 23.9. The average molecular weight is 571 g/mol. The number of benzene rings is 3. The number of amides is 2. The van der Waals surface area contributed by atoms with E-state index in [1.807, 2.05) is 97.2 Å². The molecule has 1 heterocycles. The van der Waals surface area contributed by atoms with Crippen LogP contribution in [-0.4, -0.2) is 29.6 Å². The lowest BCUT2D eigenvalue weighted by atomic mass is 10.0. The van der Waals surface area contributed by atoms with Crippen LogP contribution in [0.1, 0.15) is 36.2 Å². The van der Waals surface area contributed by atoms with Crippen LogP contribution >= 0.6 is 23.1 Å². The minimum absolute atomic E-state index is 0.209. The highest BCUT2D eigenvalue weighted by molar-refractivity contribution is 8.00. The standard InChI is InChI=1S/C32H30N2O4S2/c1-3-27(40-25-17-11-16-24(20-25)33-28(35)19-18-22-12-7-5-8-13-22)30(36)34-31-29(32(37)38-4-2)26(21-39-31)23-14-9-6-10-15-23/h5-21,27H,3-4H2,1-2H3,(H,33,35)(H,34,36)/b19-18+. The van der Waals surface area contributed by atoms with Gasteiger partial charge in [-0.05, 0) is 48.7 Å². The van der Waals surface area contributed by atoms with Gasteiger partial charge in [0.1, 0.15) is 10.6 Å². The average Bonchev–Trinajstić information content (AvgIpc) is 3.39. The number of thioether (sulfide) groups is 1. The van der Waals surface area contributed by atoms with E-state index in [-0.39, 0.29) is 18.4 Å². The van der Waals surface area contributed by atoms with Gasteiger partial charge in [-0.3, -0.25) is 9.59 Å². The smallest absolute Gasteiger partial charge is 0.341 e. The summed E-state index contributed by atoms with van der Waals surface area (Å²) in [6.45, 7) is 3.93. The van der Waals surface area contributed by atoms with Crippen LogP contribution in [0.15, 0.2) is 101 Å². The number of ether oxygens (including phenoxy) is 1. The van der Waals surface area contributed by atoms with Crippen LogP contribution in [0.4, 0.5) is 10.7 Å². The molecule has 0 saturated heterocycles. The summed E-state index contributed by atoms with van der Waals surface area (Å²) in [6.07, 6.45) is 3.81. The molecule has 0 fully saturated rings. The minimum atomic E-state index is -0.469. The van der Waals surface area contributed by atoms with E-state index in [4.69, 9.17) is 4.74 Å². The predicted molar refractivity (Wildman–Crippen MR) is 165 cm³/mol. The summed E-state index contributed by atoms with van der Waals surface area (Å²) < 4.78 is 5.31. The first-order valence-corrected chi connectivity index (χ1v) is 14.7. The van der Waals surface area contributed by atoms with Gasteiger partial charge in [0.15, 0.2) is 0 Å². The van der Waals surface area contributed by atoms with Crippen LogP contribution in [0.2, 0.25) is 0 Å². The summed E-state index contributed by atoms with van der Waals surface area (Å²) in [5.74, 6) is -0.919. The Morgan fingerprint density at radius 1 is 0.925 bits per heavy atom. The third-order valence-corrected chi connectivity index (χ3v) is 8.12. The molecule has 8 heteroatoms. The number of carbonyl (C=O) groups is 3. The SMILES string of the molecule is CCOC(=O)c1c(-c2ccccc2)csc1NC(=O)C(CC)Sc1cccc(NC(=O)/C=C/c2ccccc2)c1. The van der Waals surface area contributed by atoms with Crippen LogP contribution in [0.5, 0.6) is 0 Å². The topological polar surface area (TPSA) is 84.5 Å². The second-order valence-electron chi connectivity index (χ2n) is 8.71. The van der Waals surface area contributed by atoms with Gasteiger partial charge in [0, 0.05) is 27.6 Å². The minimum Gasteiger partial charge on any atom is -0.462 e. The maximum atomic E-state index is 13.4. The third-order valence-electron chi connectivity index (χ3n) is 5.86. The van der Waals surface area contributed by atoms with Crippen LogP contribution in [0.3, 0.4) is 0 Å². The van der Waals surface area contributed by atoms with Crippen molar-refractivity contribution < 1.29 is 19.1 Å². The van der Waals surface area contributed by atoms with E-state index < -0.39 is 11.2 Å². The van der Waals surface area contributed by atoms with E-state index in [9.17, 15) is 14.4 Å². The number of carbonyl (C=O) groups excluding carboxylic acids is 3. The summed E-state index contributed by atoms with van der Waals surface area (Å²) in [7, 11) is 0. The van der Waals surface area contributed by atoms with Crippen molar-refractivity contribution >= 4 is 57.6 Å². The highest BCUT2D eigenvalue weighted by Crippen LogP contribution is 2.37. The second kappa shape index (κ2) is 14.3. The Hall–Kier alpha value is -4.14. The van der Waals surface area contributed by atoms with Gasteiger partial charge in [0.25, 0.3) is 0 Å². The van der Waals surface area contributed by atoms with E-state index in [1.54, 1.807) is 13.0 Å². The van der Waals surface area contributed by atoms with Crippen molar-refractivity contribution in [1.82, 2.24) is 0 Å². The molecule has 0 aliphatic rings. The van der Waals surface area contributed by atoms with E-state index in [1.165, 1.54) is 29.2 Å². The zero-order chi connectivity index (χ0) is 28.3. The lowest BCUT2D eigenvalue weighted by Crippen LogP contribution is -2.25. The Kier molecular flexibility index (Phi) is 10.3. The summed E-state index contributed by atoms with van der Waals surface area (Å²) in [5.41, 5.74) is 3.54. The van der Waals surface area contributed by atoms with E-state index >= 15 is 0 Å². The highest BCUT2D eigenvalue weighted by Gasteiger charge is 2.25. The molecule has 1 aromatic heterocycles. The van der Waals surface area contributed by atoms with E-state index in [2.05, 4.69) is 10.6 Å². The fourth-order valence-corrected chi connectivity index (χ4v) is 5.91. The van der Waals surface area contributed by atoms with E-state index in [0.29, 0.717) is 22.7 Å². The molecule has 204 valence electrons. The van der Waals surface area contributed by atoms with Gasteiger partial charge < -0.3 is 15.4 Å². The van der Waals surface area contributed by atoms with Crippen molar-refractivity contribution in [3.05, 3.63) is 108 Å². The molecule has 40 heavy (non-hydrogen) atoms. The maximum Gasteiger partial charge on any atom is 0.341 e. The number of anilines is 2. The Morgan fingerprint density at radius 3 is 2.35 bits per heavy atom. The molecule has 0 bridgehead atoms. The molecule has 2 amide bonds. The molecule has 2 N–H and O–H groups in total. The lowest BCUT2D eigenvalue weighted by Gasteiger charge is -2.16. The predicted octanol–water partition coefficient (Wildman–Crippen LogP) is 7.75.